The van der Waals surface area contributed by atoms with Gasteiger partial charge in [-0.15, -0.1) is 0 Å². The third-order valence-electron chi connectivity index (χ3n) is 2.66. The van der Waals surface area contributed by atoms with E-state index in [0.717, 1.165) is 6.42 Å². The summed E-state index contributed by atoms with van der Waals surface area (Å²) in [7, 11) is 0. The molecule has 0 aromatic heterocycles. The Hall–Kier alpha value is -1.43. The molecule has 0 unspecified atom stereocenters. The second-order valence-corrected chi connectivity index (χ2v) is 4.47. The SMILES string of the molecule is CCCOCC(=O)N1CC(=O)NC(=O)C1(C)C. The van der Waals surface area contributed by atoms with Gasteiger partial charge in [-0.25, -0.2) is 0 Å². The van der Waals surface area contributed by atoms with Crippen molar-refractivity contribution < 1.29 is 19.1 Å². The lowest BCUT2D eigenvalue weighted by Crippen LogP contribution is -2.66. The predicted octanol–water partition coefficient (Wildman–Crippen LogP) is -0.323. The highest BCUT2D eigenvalue weighted by atomic mass is 16.5. The van der Waals surface area contributed by atoms with E-state index in [1.807, 2.05) is 6.92 Å². The minimum absolute atomic E-state index is 0.0994. The number of hydrogen-bond acceptors (Lipinski definition) is 4. The number of nitrogens with one attached hydrogen (secondary N) is 1. The Morgan fingerprint density at radius 1 is 1.47 bits per heavy atom. The molecular formula is C11H18N2O4. The van der Waals surface area contributed by atoms with Gasteiger partial charge < -0.3 is 9.64 Å². The van der Waals surface area contributed by atoms with Gasteiger partial charge in [0.1, 0.15) is 18.7 Å². The zero-order chi connectivity index (χ0) is 13.1. The van der Waals surface area contributed by atoms with Crippen LogP contribution in [0.5, 0.6) is 0 Å². The molecule has 1 aliphatic heterocycles. The van der Waals surface area contributed by atoms with Crippen molar-refractivity contribution in [2.45, 2.75) is 32.7 Å². The summed E-state index contributed by atoms with van der Waals surface area (Å²) < 4.78 is 5.13. The second-order valence-electron chi connectivity index (χ2n) is 4.47. The maximum atomic E-state index is 11.8. The molecule has 0 aromatic rings. The van der Waals surface area contributed by atoms with Gasteiger partial charge in [0.25, 0.3) is 5.91 Å². The van der Waals surface area contributed by atoms with Crippen LogP contribution in [0.25, 0.3) is 0 Å². The van der Waals surface area contributed by atoms with Gasteiger partial charge in [-0.05, 0) is 20.3 Å². The average Bonchev–Trinajstić information content (AvgIpc) is 2.24. The number of ether oxygens (including phenoxy) is 1. The third kappa shape index (κ3) is 3.03. The van der Waals surface area contributed by atoms with Gasteiger partial charge in [0.2, 0.25) is 11.8 Å². The maximum absolute atomic E-state index is 11.8. The van der Waals surface area contributed by atoms with Gasteiger partial charge in [-0.2, -0.15) is 0 Å². The van der Waals surface area contributed by atoms with Crippen molar-refractivity contribution in [2.24, 2.45) is 0 Å². The van der Waals surface area contributed by atoms with Crippen molar-refractivity contribution >= 4 is 17.7 Å². The van der Waals surface area contributed by atoms with Crippen molar-refractivity contribution in [3.8, 4) is 0 Å². The van der Waals surface area contributed by atoms with Gasteiger partial charge >= 0.3 is 0 Å². The molecule has 1 fully saturated rings. The number of imide groups is 1. The molecular weight excluding hydrogens is 224 g/mol. The smallest absolute Gasteiger partial charge is 0.252 e. The molecule has 96 valence electrons. The molecule has 0 aliphatic carbocycles. The van der Waals surface area contributed by atoms with Crippen LogP contribution < -0.4 is 5.32 Å². The van der Waals surface area contributed by atoms with Crippen molar-refractivity contribution in [1.29, 1.82) is 0 Å². The molecule has 1 rings (SSSR count). The number of nitrogens with zero attached hydrogens (tertiary/aromatic N) is 1. The van der Waals surface area contributed by atoms with Crippen LogP contribution in [0.3, 0.4) is 0 Å². The summed E-state index contributed by atoms with van der Waals surface area (Å²) in [5.74, 6) is -1.26. The maximum Gasteiger partial charge on any atom is 0.252 e. The van der Waals surface area contributed by atoms with E-state index in [2.05, 4.69) is 5.32 Å². The van der Waals surface area contributed by atoms with Crippen LogP contribution in [0.15, 0.2) is 0 Å². The van der Waals surface area contributed by atoms with Gasteiger partial charge in [0.15, 0.2) is 0 Å². The van der Waals surface area contributed by atoms with Crippen LogP contribution in [0, 0.1) is 0 Å². The van der Waals surface area contributed by atoms with Crippen LogP contribution in [-0.4, -0.2) is 47.9 Å². The Bertz CT molecular complexity index is 338. The van der Waals surface area contributed by atoms with E-state index in [9.17, 15) is 14.4 Å². The van der Waals surface area contributed by atoms with E-state index in [1.165, 1.54) is 4.90 Å². The topological polar surface area (TPSA) is 75.7 Å². The van der Waals surface area contributed by atoms with Gasteiger partial charge in [0, 0.05) is 6.61 Å². The number of piperazine rings is 1. The number of amides is 3. The molecule has 1 saturated heterocycles. The molecule has 1 aliphatic rings. The number of rotatable bonds is 4. The Balaban J connectivity index is 2.69. The van der Waals surface area contributed by atoms with Gasteiger partial charge in [0.05, 0.1) is 0 Å². The normalized spacial score (nSPS) is 19.1. The summed E-state index contributed by atoms with van der Waals surface area (Å²) >= 11 is 0. The fourth-order valence-corrected chi connectivity index (χ4v) is 1.56. The van der Waals surface area contributed by atoms with Crippen molar-refractivity contribution in [3.05, 3.63) is 0 Å². The quantitative estimate of drug-likeness (QED) is 0.541. The first-order valence-electron chi connectivity index (χ1n) is 5.62. The highest BCUT2D eigenvalue weighted by Gasteiger charge is 2.43. The largest absolute Gasteiger partial charge is 0.372 e. The fraction of sp³-hybridized carbons (Fsp3) is 0.727. The standard InChI is InChI=1S/C11H18N2O4/c1-4-5-17-7-9(15)13-6-8(14)12-10(16)11(13,2)3/h4-7H2,1-3H3,(H,12,14,16). The summed E-state index contributed by atoms with van der Waals surface area (Å²) in [5.41, 5.74) is -1.01. The minimum atomic E-state index is -1.01. The first-order chi connectivity index (χ1) is 7.89. The Morgan fingerprint density at radius 3 is 2.71 bits per heavy atom. The van der Waals surface area contributed by atoms with E-state index in [0.29, 0.717) is 6.61 Å². The monoisotopic (exact) mass is 242 g/mol. The summed E-state index contributed by atoms with van der Waals surface area (Å²) in [6.07, 6.45) is 0.816. The van der Waals surface area contributed by atoms with Gasteiger partial charge in [-0.1, -0.05) is 6.92 Å². The summed E-state index contributed by atoms with van der Waals surface area (Å²) in [6, 6.07) is 0. The van der Waals surface area contributed by atoms with E-state index in [1.54, 1.807) is 13.8 Å². The van der Waals surface area contributed by atoms with E-state index >= 15 is 0 Å². The summed E-state index contributed by atoms with van der Waals surface area (Å²) in [5, 5.41) is 2.21. The molecule has 0 radical (unpaired) electrons. The van der Waals surface area contributed by atoms with Crippen molar-refractivity contribution in [3.63, 3.8) is 0 Å². The number of hydrogen-bond donors (Lipinski definition) is 1. The molecule has 0 spiro atoms. The van der Waals surface area contributed by atoms with E-state index < -0.39 is 17.4 Å². The van der Waals surface area contributed by atoms with Crippen LogP contribution in [0.2, 0.25) is 0 Å². The zero-order valence-electron chi connectivity index (χ0n) is 10.4. The highest BCUT2D eigenvalue weighted by Crippen LogP contribution is 2.18. The molecule has 6 nitrogen and oxygen atoms in total. The lowest BCUT2D eigenvalue weighted by molar-refractivity contribution is -0.157. The van der Waals surface area contributed by atoms with E-state index in [4.69, 9.17) is 4.74 Å². The fourth-order valence-electron chi connectivity index (χ4n) is 1.56. The Kier molecular flexibility index (Phi) is 4.22. The van der Waals surface area contributed by atoms with Gasteiger partial charge in [-0.3, -0.25) is 19.7 Å². The van der Waals surface area contributed by atoms with E-state index in [-0.39, 0.29) is 19.1 Å². The second kappa shape index (κ2) is 5.27. The first kappa shape index (κ1) is 13.6. The third-order valence-corrected chi connectivity index (χ3v) is 2.66. The first-order valence-corrected chi connectivity index (χ1v) is 5.62. The minimum Gasteiger partial charge on any atom is -0.372 e. The average molecular weight is 242 g/mol. The van der Waals surface area contributed by atoms with Crippen molar-refractivity contribution in [2.75, 3.05) is 19.8 Å². The van der Waals surface area contributed by atoms with Crippen molar-refractivity contribution in [1.82, 2.24) is 10.2 Å². The molecule has 6 heteroatoms. The molecule has 17 heavy (non-hydrogen) atoms. The molecule has 1 N–H and O–H groups in total. The van der Waals surface area contributed by atoms with Crippen LogP contribution >= 0.6 is 0 Å². The molecule has 0 saturated carbocycles. The molecule has 0 bridgehead atoms. The number of carbonyl (C=O) groups is 3. The Labute approximate surface area is 100 Å². The predicted molar refractivity (Wildman–Crippen MR) is 60.1 cm³/mol. The lowest BCUT2D eigenvalue weighted by atomic mass is 9.99. The van der Waals surface area contributed by atoms with Crippen LogP contribution in [0.4, 0.5) is 0 Å². The molecule has 0 atom stereocenters. The van der Waals surface area contributed by atoms with Crippen LogP contribution in [0.1, 0.15) is 27.2 Å². The molecule has 0 aromatic carbocycles. The highest BCUT2D eigenvalue weighted by molar-refractivity contribution is 6.06. The van der Waals surface area contributed by atoms with Crippen LogP contribution in [-0.2, 0) is 19.1 Å². The zero-order valence-corrected chi connectivity index (χ0v) is 10.4. The summed E-state index contributed by atoms with van der Waals surface area (Å²) in [6.45, 7) is 5.43. The summed E-state index contributed by atoms with van der Waals surface area (Å²) in [4.78, 5) is 35.9. The number of carbonyl (C=O) groups excluding carboxylic acids is 3. The lowest BCUT2D eigenvalue weighted by Gasteiger charge is -2.40. The molecule has 3 amide bonds. The molecule has 1 heterocycles. The Morgan fingerprint density at radius 2 is 2.12 bits per heavy atom.